The van der Waals surface area contributed by atoms with Gasteiger partial charge in [0.1, 0.15) is 11.9 Å². The van der Waals surface area contributed by atoms with Gasteiger partial charge < -0.3 is 0 Å². The first-order valence-corrected chi connectivity index (χ1v) is 9.71. The summed E-state index contributed by atoms with van der Waals surface area (Å²) in [7, 11) is 0. The van der Waals surface area contributed by atoms with Crippen LogP contribution in [-0.2, 0) is 9.59 Å². The SMILES string of the molecule is Cc1ccc(N2C(=O)C3C(C2=O)N2CCCN2C3c2ccc(F)cc2)cc1C. The van der Waals surface area contributed by atoms with Gasteiger partial charge in [-0.3, -0.25) is 9.59 Å². The van der Waals surface area contributed by atoms with Crippen LogP contribution in [0.3, 0.4) is 0 Å². The molecular formula is C22H22FN3O2. The number of nitrogens with zero attached hydrogens (tertiary/aromatic N) is 3. The molecular weight excluding hydrogens is 357 g/mol. The van der Waals surface area contributed by atoms with Crippen LogP contribution in [0.1, 0.15) is 29.2 Å². The lowest BCUT2D eigenvalue weighted by Crippen LogP contribution is -2.44. The minimum Gasteiger partial charge on any atom is -0.274 e. The quantitative estimate of drug-likeness (QED) is 0.753. The first-order chi connectivity index (χ1) is 13.5. The van der Waals surface area contributed by atoms with Gasteiger partial charge in [-0.1, -0.05) is 18.2 Å². The third-order valence-corrected chi connectivity index (χ3v) is 6.37. The summed E-state index contributed by atoms with van der Waals surface area (Å²) in [4.78, 5) is 28.2. The number of fused-ring (bicyclic) bond motifs is 3. The summed E-state index contributed by atoms with van der Waals surface area (Å²) < 4.78 is 13.4. The van der Waals surface area contributed by atoms with Gasteiger partial charge in [0.05, 0.1) is 17.6 Å². The maximum Gasteiger partial charge on any atom is 0.253 e. The number of anilines is 1. The molecule has 0 N–H and O–H groups in total. The Hall–Kier alpha value is -2.57. The van der Waals surface area contributed by atoms with Crippen LogP contribution in [0, 0.1) is 25.6 Å². The summed E-state index contributed by atoms with van der Waals surface area (Å²) >= 11 is 0. The van der Waals surface area contributed by atoms with E-state index in [2.05, 4.69) is 10.0 Å². The Kier molecular flexibility index (Phi) is 3.89. The molecule has 5 rings (SSSR count). The Balaban J connectivity index is 1.58. The highest BCUT2D eigenvalue weighted by atomic mass is 19.1. The monoisotopic (exact) mass is 379 g/mol. The van der Waals surface area contributed by atoms with Gasteiger partial charge in [0.2, 0.25) is 5.91 Å². The summed E-state index contributed by atoms with van der Waals surface area (Å²) in [5, 5.41) is 4.19. The second kappa shape index (κ2) is 6.22. The van der Waals surface area contributed by atoms with Gasteiger partial charge in [-0.15, -0.1) is 0 Å². The van der Waals surface area contributed by atoms with E-state index in [1.165, 1.54) is 17.0 Å². The van der Waals surface area contributed by atoms with Crippen LogP contribution < -0.4 is 4.90 Å². The van der Waals surface area contributed by atoms with Gasteiger partial charge in [-0.05, 0) is 61.2 Å². The highest BCUT2D eigenvalue weighted by Gasteiger charge is 2.62. The van der Waals surface area contributed by atoms with Crippen molar-refractivity contribution in [2.24, 2.45) is 5.92 Å². The number of carbonyl (C=O) groups is 2. The molecule has 0 radical (unpaired) electrons. The molecule has 2 amide bonds. The Bertz CT molecular complexity index is 974. The zero-order chi connectivity index (χ0) is 19.6. The lowest BCUT2D eigenvalue weighted by atomic mass is 9.90. The third kappa shape index (κ3) is 2.38. The molecule has 0 saturated carbocycles. The van der Waals surface area contributed by atoms with Crippen molar-refractivity contribution in [1.82, 2.24) is 10.0 Å². The van der Waals surface area contributed by atoms with Crippen molar-refractivity contribution < 1.29 is 14.0 Å². The van der Waals surface area contributed by atoms with Crippen LogP contribution >= 0.6 is 0 Å². The molecule has 5 nitrogen and oxygen atoms in total. The second-order valence-corrected chi connectivity index (χ2v) is 7.93. The number of carbonyl (C=O) groups excluding carboxylic acids is 2. The molecule has 0 bridgehead atoms. The summed E-state index contributed by atoms with van der Waals surface area (Å²) in [6, 6.07) is 11.3. The van der Waals surface area contributed by atoms with Gasteiger partial charge >= 0.3 is 0 Å². The first-order valence-electron chi connectivity index (χ1n) is 9.71. The molecule has 3 saturated heterocycles. The van der Waals surface area contributed by atoms with Gasteiger partial charge in [-0.2, -0.15) is 0 Å². The van der Waals surface area contributed by atoms with E-state index in [4.69, 9.17) is 0 Å². The predicted octanol–water partition coefficient (Wildman–Crippen LogP) is 2.98. The molecule has 2 aromatic rings. The zero-order valence-corrected chi connectivity index (χ0v) is 15.9. The van der Waals surface area contributed by atoms with E-state index in [1.807, 2.05) is 32.0 Å². The van der Waals surface area contributed by atoms with E-state index in [1.54, 1.807) is 12.1 Å². The number of hydrogen-bond acceptors (Lipinski definition) is 4. The van der Waals surface area contributed by atoms with E-state index >= 15 is 0 Å². The van der Waals surface area contributed by atoms with Gasteiger partial charge in [0.15, 0.2) is 0 Å². The van der Waals surface area contributed by atoms with Crippen molar-refractivity contribution >= 4 is 17.5 Å². The summed E-state index contributed by atoms with van der Waals surface area (Å²) in [5.74, 6) is -1.10. The average Bonchev–Trinajstić information content (AvgIpc) is 3.31. The van der Waals surface area contributed by atoms with Crippen molar-refractivity contribution in [1.29, 1.82) is 0 Å². The van der Waals surface area contributed by atoms with Crippen molar-refractivity contribution in [3.05, 3.63) is 65.0 Å². The van der Waals surface area contributed by atoms with Crippen LogP contribution in [-0.4, -0.2) is 41.0 Å². The van der Waals surface area contributed by atoms with Crippen LogP contribution in [0.15, 0.2) is 42.5 Å². The largest absolute Gasteiger partial charge is 0.274 e. The van der Waals surface area contributed by atoms with E-state index in [-0.39, 0.29) is 23.7 Å². The van der Waals surface area contributed by atoms with Crippen molar-refractivity contribution in [2.45, 2.75) is 32.4 Å². The van der Waals surface area contributed by atoms with Crippen LogP contribution in [0.25, 0.3) is 0 Å². The topological polar surface area (TPSA) is 43.9 Å². The number of halogens is 1. The highest BCUT2D eigenvalue weighted by Crippen LogP contribution is 2.48. The predicted molar refractivity (Wildman–Crippen MR) is 103 cm³/mol. The number of hydrazine groups is 1. The summed E-state index contributed by atoms with van der Waals surface area (Å²) in [6.45, 7) is 5.56. The van der Waals surface area contributed by atoms with Crippen LogP contribution in [0.4, 0.5) is 10.1 Å². The Labute approximate surface area is 163 Å². The number of aryl methyl sites for hydroxylation is 2. The molecule has 3 aliphatic rings. The summed E-state index contributed by atoms with van der Waals surface area (Å²) in [5.41, 5.74) is 3.69. The maximum atomic E-state index is 13.5. The van der Waals surface area contributed by atoms with Gasteiger partial charge in [0, 0.05) is 13.1 Å². The molecule has 2 aromatic carbocycles. The maximum absolute atomic E-state index is 13.5. The molecule has 3 atom stereocenters. The third-order valence-electron chi connectivity index (χ3n) is 6.37. The molecule has 0 aliphatic carbocycles. The fourth-order valence-electron chi connectivity index (χ4n) is 4.89. The minimum absolute atomic E-state index is 0.158. The number of benzene rings is 2. The lowest BCUT2D eigenvalue weighted by Gasteiger charge is -2.29. The molecule has 144 valence electrons. The molecule has 6 heteroatoms. The van der Waals surface area contributed by atoms with Crippen LogP contribution in [0.2, 0.25) is 0 Å². The second-order valence-electron chi connectivity index (χ2n) is 7.93. The standard InChI is InChI=1S/C22H22FN3O2/c1-13-4-9-17(12-14(13)2)26-21(27)18-19(15-5-7-16(23)8-6-15)24-10-3-11-25(24)20(18)22(26)28/h4-9,12,18-20H,3,10-11H2,1-2H3. The van der Waals surface area contributed by atoms with E-state index < -0.39 is 12.0 Å². The highest BCUT2D eigenvalue weighted by molar-refractivity contribution is 6.24. The minimum atomic E-state index is -0.480. The summed E-state index contributed by atoms with van der Waals surface area (Å²) in [6.07, 6.45) is 0.950. The number of rotatable bonds is 2. The van der Waals surface area contributed by atoms with Crippen molar-refractivity contribution in [3.8, 4) is 0 Å². The zero-order valence-electron chi connectivity index (χ0n) is 15.9. The van der Waals surface area contributed by atoms with Gasteiger partial charge in [0.25, 0.3) is 5.91 Å². The molecule has 3 unspecified atom stereocenters. The smallest absolute Gasteiger partial charge is 0.253 e. The molecule has 3 heterocycles. The molecule has 3 aliphatic heterocycles. The Morgan fingerprint density at radius 2 is 1.54 bits per heavy atom. The fourth-order valence-corrected chi connectivity index (χ4v) is 4.89. The van der Waals surface area contributed by atoms with E-state index in [0.717, 1.165) is 36.2 Å². The molecule has 3 fully saturated rings. The fraction of sp³-hybridized carbons (Fsp3) is 0.364. The van der Waals surface area contributed by atoms with E-state index in [9.17, 15) is 14.0 Å². The van der Waals surface area contributed by atoms with Crippen LogP contribution in [0.5, 0.6) is 0 Å². The average molecular weight is 379 g/mol. The number of hydrogen-bond donors (Lipinski definition) is 0. The number of imide groups is 1. The molecule has 28 heavy (non-hydrogen) atoms. The molecule has 0 aromatic heterocycles. The van der Waals surface area contributed by atoms with E-state index in [0.29, 0.717) is 5.69 Å². The Morgan fingerprint density at radius 1 is 0.857 bits per heavy atom. The van der Waals surface area contributed by atoms with Gasteiger partial charge in [-0.25, -0.2) is 19.3 Å². The normalized spacial score (nSPS) is 27.5. The van der Waals surface area contributed by atoms with Crippen molar-refractivity contribution in [2.75, 3.05) is 18.0 Å². The first kappa shape index (κ1) is 17.5. The van der Waals surface area contributed by atoms with Crippen molar-refractivity contribution in [3.63, 3.8) is 0 Å². The Morgan fingerprint density at radius 3 is 2.21 bits per heavy atom. The lowest BCUT2D eigenvalue weighted by molar-refractivity contribution is -0.126. The number of amides is 2. The molecule has 0 spiro atoms.